The topological polar surface area (TPSA) is 20.5 Å². The van der Waals surface area contributed by atoms with Gasteiger partial charge in [-0.3, -0.25) is 0 Å². The SMILES string of the molecule is CN1C=CC=NC1n1cc2c3c(cccc31)-c1ccccc1-c1ccccc1-2. The highest BCUT2D eigenvalue weighted by Gasteiger charge is 2.26. The van der Waals surface area contributed by atoms with Crippen LogP contribution in [0.5, 0.6) is 0 Å². The normalized spacial score (nSPS) is 16.8. The minimum absolute atomic E-state index is 0.0710. The van der Waals surface area contributed by atoms with Crippen molar-refractivity contribution in [1.29, 1.82) is 0 Å². The molecule has 0 spiro atoms. The Morgan fingerprint density at radius 1 is 0.714 bits per heavy atom. The summed E-state index contributed by atoms with van der Waals surface area (Å²) in [6, 6.07) is 24.1. The molecular weight excluding hydrogens is 342 g/mol. The van der Waals surface area contributed by atoms with Crippen molar-refractivity contribution in [3.63, 3.8) is 0 Å². The van der Waals surface area contributed by atoms with Gasteiger partial charge in [0.25, 0.3) is 0 Å². The second kappa shape index (κ2) is 5.70. The van der Waals surface area contributed by atoms with Gasteiger partial charge in [-0.25, -0.2) is 4.99 Å². The van der Waals surface area contributed by atoms with Crippen molar-refractivity contribution in [2.24, 2.45) is 4.99 Å². The Balaban J connectivity index is 1.76. The summed E-state index contributed by atoms with van der Waals surface area (Å²) in [6.07, 6.45) is 8.13. The third-order valence-corrected chi connectivity index (χ3v) is 5.82. The predicted octanol–water partition coefficient (Wildman–Crippen LogP) is 5.94. The van der Waals surface area contributed by atoms with Crippen molar-refractivity contribution < 1.29 is 0 Å². The smallest absolute Gasteiger partial charge is 0.202 e. The molecule has 3 aromatic carbocycles. The summed E-state index contributed by atoms with van der Waals surface area (Å²) in [5.41, 5.74) is 8.92. The van der Waals surface area contributed by atoms with E-state index in [1.54, 1.807) is 0 Å². The molecule has 1 aliphatic carbocycles. The van der Waals surface area contributed by atoms with E-state index in [1.165, 1.54) is 44.3 Å². The van der Waals surface area contributed by atoms with E-state index in [-0.39, 0.29) is 6.29 Å². The number of benzene rings is 3. The van der Waals surface area contributed by atoms with E-state index >= 15 is 0 Å². The highest BCUT2D eigenvalue weighted by Crippen LogP contribution is 2.48. The molecule has 1 aliphatic heterocycles. The molecule has 0 bridgehead atoms. The van der Waals surface area contributed by atoms with Crippen molar-refractivity contribution in [1.82, 2.24) is 9.47 Å². The highest BCUT2D eigenvalue weighted by atomic mass is 15.4. The standard InChI is InChI=1S/C25H19N3/c1-27-15-7-14-26-25(27)28-16-22-20-11-5-3-9-18(20)17-8-2-4-10-19(17)21-12-6-13-23(28)24(21)22/h2-16,25H,1H3. The molecule has 6 rings (SSSR count). The summed E-state index contributed by atoms with van der Waals surface area (Å²) in [5.74, 6) is 0. The molecule has 0 saturated carbocycles. The zero-order valence-corrected chi connectivity index (χ0v) is 15.6. The van der Waals surface area contributed by atoms with Gasteiger partial charge in [-0.1, -0.05) is 60.7 Å². The molecule has 0 radical (unpaired) electrons. The maximum atomic E-state index is 4.73. The first-order chi connectivity index (χ1) is 13.8. The Labute approximate surface area is 163 Å². The number of fused-ring (bicyclic) bond motifs is 5. The lowest BCUT2D eigenvalue weighted by Crippen LogP contribution is -2.24. The van der Waals surface area contributed by atoms with Gasteiger partial charge in [0.15, 0.2) is 0 Å². The Bertz CT molecular complexity index is 1290. The van der Waals surface area contributed by atoms with Crippen LogP contribution in [0.4, 0.5) is 0 Å². The van der Waals surface area contributed by atoms with E-state index in [0.717, 1.165) is 0 Å². The lowest BCUT2D eigenvalue weighted by molar-refractivity contribution is 0.261. The fraction of sp³-hybridized carbons (Fsp3) is 0.0800. The van der Waals surface area contributed by atoms with Crippen molar-refractivity contribution in [3.05, 3.63) is 85.2 Å². The van der Waals surface area contributed by atoms with Crippen molar-refractivity contribution in [2.75, 3.05) is 7.05 Å². The van der Waals surface area contributed by atoms with E-state index in [2.05, 4.69) is 95.6 Å². The Morgan fingerprint density at radius 2 is 1.32 bits per heavy atom. The monoisotopic (exact) mass is 361 g/mol. The van der Waals surface area contributed by atoms with E-state index in [1.807, 2.05) is 12.3 Å². The van der Waals surface area contributed by atoms with Crippen LogP contribution in [0, 0.1) is 0 Å². The molecule has 4 aromatic rings. The van der Waals surface area contributed by atoms with Gasteiger partial charge in [0.2, 0.25) is 6.29 Å². The minimum Gasteiger partial charge on any atom is -0.342 e. The quantitative estimate of drug-likeness (QED) is 0.362. The number of allylic oxidation sites excluding steroid dienone is 1. The molecule has 1 atom stereocenters. The summed E-state index contributed by atoms with van der Waals surface area (Å²) >= 11 is 0. The number of aliphatic imine (C=N–C) groups is 1. The van der Waals surface area contributed by atoms with E-state index in [0.29, 0.717) is 0 Å². The van der Waals surface area contributed by atoms with Gasteiger partial charge in [0.05, 0.1) is 5.52 Å². The average molecular weight is 361 g/mol. The Morgan fingerprint density at radius 3 is 2.00 bits per heavy atom. The van der Waals surface area contributed by atoms with Gasteiger partial charge in [-0.2, -0.15) is 0 Å². The molecule has 3 heteroatoms. The van der Waals surface area contributed by atoms with Gasteiger partial charge in [-0.15, -0.1) is 0 Å². The number of nitrogens with zero attached hydrogens (tertiary/aromatic N) is 3. The zero-order chi connectivity index (χ0) is 18.7. The number of rotatable bonds is 1. The molecule has 0 amide bonds. The maximum absolute atomic E-state index is 4.73. The molecule has 0 saturated heterocycles. The van der Waals surface area contributed by atoms with Crippen molar-refractivity contribution >= 4 is 17.1 Å². The molecule has 28 heavy (non-hydrogen) atoms. The fourth-order valence-electron chi connectivity index (χ4n) is 4.59. The van der Waals surface area contributed by atoms with Gasteiger partial charge < -0.3 is 9.47 Å². The molecule has 134 valence electrons. The van der Waals surface area contributed by atoms with E-state index in [4.69, 9.17) is 4.99 Å². The maximum Gasteiger partial charge on any atom is 0.202 e. The third-order valence-electron chi connectivity index (χ3n) is 5.82. The van der Waals surface area contributed by atoms with Gasteiger partial charge in [0.1, 0.15) is 0 Å². The molecule has 0 N–H and O–H groups in total. The summed E-state index contributed by atoms with van der Waals surface area (Å²) in [5, 5.41) is 1.30. The third kappa shape index (κ3) is 2.01. The number of aromatic nitrogens is 1. The van der Waals surface area contributed by atoms with E-state index < -0.39 is 0 Å². The molecule has 1 aromatic heterocycles. The van der Waals surface area contributed by atoms with Gasteiger partial charge in [0, 0.05) is 36.6 Å². The van der Waals surface area contributed by atoms with Crippen molar-refractivity contribution in [3.8, 4) is 33.4 Å². The minimum atomic E-state index is -0.0710. The largest absolute Gasteiger partial charge is 0.342 e. The van der Waals surface area contributed by atoms with E-state index in [9.17, 15) is 0 Å². The first kappa shape index (κ1) is 15.5. The molecule has 2 aliphatic rings. The van der Waals surface area contributed by atoms with Crippen LogP contribution in [0.25, 0.3) is 44.3 Å². The van der Waals surface area contributed by atoms with Crippen LogP contribution in [0.2, 0.25) is 0 Å². The van der Waals surface area contributed by atoms with Crippen LogP contribution in [-0.4, -0.2) is 22.7 Å². The molecule has 2 heterocycles. The fourth-order valence-corrected chi connectivity index (χ4v) is 4.59. The molecule has 3 nitrogen and oxygen atoms in total. The zero-order valence-electron chi connectivity index (χ0n) is 15.6. The van der Waals surface area contributed by atoms with Crippen LogP contribution >= 0.6 is 0 Å². The van der Waals surface area contributed by atoms with Crippen LogP contribution < -0.4 is 0 Å². The number of hydrogen-bond acceptors (Lipinski definition) is 2. The van der Waals surface area contributed by atoms with Crippen LogP contribution in [0.1, 0.15) is 6.29 Å². The first-order valence-corrected chi connectivity index (χ1v) is 9.57. The molecule has 1 unspecified atom stereocenters. The second-order valence-electron chi connectivity index (χ2n) is 7.39. The number of hydrogen-bond donors (Lipinski definition) is 0. The van der Waals surface area contributed by atoms with Gasteiger partial charge >= 0.3 is 0 Å². The van der Waals surface area contributed by atoms with Crippen LogP contribution in [0.3, 0.4) is 0 Å². The summed E-state index contributed by atoms with van der Waals surface area (Å²) in [7, 11) is 2.07. The lowest BCUT2D eigenvalue weighted by atomic mass is 9.94. The Hall–Kier alpha value is -3.59. The molecule has 0 fully saturated rings. The lowest BCUT2D eigenvalue weighted by Gasteiger charge is -2.27. The van der Waals surface area contributed by atoms with Crippen molar-refractivity contribution in [2.45, 2.75) is 6.29 Å². The summed E-state index contributed by atoms with van der Waals surface area (Å²) < 4.78 is 2.29. The average Bonchev–Trinajstić information content (AvgIpc) is 3.08. The van der Waals surface area contributed by atoms with Crippen LogP contribution in [-0.2, 0) is 0 Å². The second-order valence-corrected chi connectivity index (χ2v) is 7.39. The molecular formula is C25H19N3. The predicted molar refractivity (Wildman–Crippen MR) is 116 cm³/mol. The van der Waals surface area contributed by atoms with Gasteiger partial charge in [-0.05, 0) is 40.0 Å². The summed E-state index contributed by atoms with van der Waals surface area (Å²) in [4.78, 5) is 6.87. The Kier molecular flexibility index (Phi) is 3.15. The highest BCUT2D eigenvalue weighted by molar-refractivity contribution is 6.13. The first-order valence-electron chi connectivity index (χ1n) is 9.57. The van der Waals surface area contributed by atoms with Crippen LogP contribution in [0.15, 0.2) is 90.2 Å². The summed E-state index contributed by atoms with van der Waals surface area (Å²) in [6.45, 7) is 0.